The van der Waals surface area contributed by atoms with E-state index in [4.69, 9.17) is 4.74 Å². The van der Waals surface area contributed by atoms with E-state index in [0.29, 0.717) is 6.61 Å². The predicted molar refractivity (Wildman–Crippen MR) is 80.2 cm³/mol. The molecule has 2 aliphatic rings. The van der Waals surface area contributed by atoms with Crippen LogP contribution in [-0.4, -0.2) is 24.7 Å². The van der Waals surface area contributed by atoms with Gasteiger partial charge in [0, 0.05) is 18.7 Å². The lowest BCUT2D eigenvalue weighted by molar-refractivity contribution is -0.149. The Balaban J connectivity index is 2.06. The van der Waals surface area contributed by atoms with Crippen molar-refractivity contribution in [1.29, 1.82) is 0 Å². The molecular formula is C17H23NO2. The Bertz CT molecular complexity index is 552. The van der Waals surface area contributed by atoms with Gasteiger partial charge in [-0.1, -0.05) is 31.0 Å². The molecule has 0 N–H and O–H groups in total. The molecule has 3 rings (SSSR count). The van der Waals surface area contributed by atoms with Gasteiger partial charge in [-0.25, -0.2) is 4.79 Å². The van der Waals surface area contributed by atoms with Crippen LogP contribution in [0, 0.1) is 6.92 Å². The van der Waals surface area contributed by atoms with Gasteiger partial charge in [0.25, 0.3) is 0 Å². The predicted octanol–water partition coefficient (Wildman–Crippen LogP) is 3.02. The molecule has 0 saturated heterocycles. The highest BCUT2D eigenvalue weighted by Gasteiger charge is 2.52. The van der Waals surface area contributed by atoms with Gasteiger partial charge < -0.3 is 9.64 Å². The molecule has 0 spiro atoms. The number of hydrogen-bond acceptors (Lipinski definition) is 3. The third-order valence-corrected chi connectivity index (χ3v) is 4.61. The zero-order valence-electron chi connectivity index (χ0n) is 12.7. The molecule has 1 aromatic carbocycles. The molecule has 1 unspecified atom stereocenters. The zero-order valence-corrected chi connectivity index (χ0v) is 12.7. The van der Waals surface area contributed by atoms with Gasteiger partial charge in [-0.2, -0.15) is 0 Å². The zero-order chi connectivity index (χ0) is 14.3. The van der Waals surface area contributed by atoms with E-state index in [1.54, 1.807) is 0 Å². The van der Waals surface area contributed by atoms with E-state index < -0.39 is 5.54 Å². The van der Waals surface area contributed by atoms with Crippen LogP contribution in [0.1, 0.15) is 43.4 Å². The van der Waals surface area contributed by atoms with E-state index in [0.717, 1.165) is 32.2 Å². The molecule has 20 heavy (non-hydrogen) atoms. The number of hydrogen-bond donors (Lipinski definition) is 0. The van der Waals surface area contributed by atoms with Gasteiger partial charge in [-0.15, -0.1) is 0 Å². The second-order valence-electron chi connectivity index (χ2n) is 6.01. The van der Waals surface area contributed by atoms with Crippen LogP contribution in [0.4, 0.5) is 5.69 Å². The lowest BCUT2D eigenvalue weighted by atomic mass is 9.88. The van der Waals surface area contributed by atoms with Crippen molar-refractivity contribution >= 4 is 11.7 Å². The first kappa shape index (κ1) is 13.5. The van der Waals surface area contributed by atoms with Crippen molar-refractivity contribution in [1.82, 2.24) is 0 Å². The molecule has 1 atom stereocenters. The number of nitrogens with zero attached hydrogens (tertiary/aromatic N) is 1. The normalized spacial score (nSPS) is 23.1. The first-order valence-corrected chi connectivity index (χ1v) is 7.69. The molecule has 3 nitrogen and oxygen atoms in total. The Morgan fingerprint density at radius 2 is 2.10 bits per heavy atom. The number of ether oxygens (including phenoxy) is 1. The minimum absolute atomic E-state index is 0.0384. The van der Waals surface area contributed by atoms with Crippen LogP contribution in [0.3, 0.4) is 0 Å². The van der Waals surface area contributed by atoms with Crippen molar-refractivity contribution in [2.24, 2.45) is 0 Å². The van der Waals surface area contributed by atoms with Gasteiger partial charge in [-0.3, -0.25) is 0 Å². The number of benzene rings is 1. The molecule has 0 bridgehead atoms. The average molecular weight is 273 g/mol. The summed E-state index contributed by atoms with van der Waals surface area (Å²) < 4.78 is 5.42. The second kappa shape index (κ2) is 4.80. The minimum Gasteiger partial charge on any atom is -0.464 e. The second-order valence-corrected chi connectivity index (χ2v) is 6.01. The summed E-state index contributed by atoms with van der Waals surface area (Å²) in [7, 11) is 0. The molecule has 0 amide bonds. The number of anilines is 1. The smallest absolute Gasteiger partial charge is 0.332 e. The summed E-state index contributed by atoms with van der Waals surface area (Å²) in [5.41, 5.74) is 4.90. The summed E-state index contributed by atoms with van der Waals surface area (Å²) in [6, 6.07) is 4.51. The van der Waals surface area contributed by atoms with Crippen molar-refractivity contribution in [3.63, 3.8) is 0 Å². The first-order valence-electron chi connectivity index (χ1n) is 7.69. The molecule has 0 aromatic heterocycles. The molecule has 3 heteroatoms. The largest absolute Gasteiger partial charge is 0.464 e. The van der Waals surface area contributed by atoms with Crippen molar-refractivity contribution in [3.8, 4) is 0 Å². The molecule has 1 aromatic rings. The summed E-state index contributed by atoms with van der Waals surface area (Å²) in [5, 5.41) is 0. The molecule has 2 heterocycles. The standard InChI is InChI=1S/C17H23NO2/c1-4-7-17(16(19)20-5-2)11-14-10-12(3)9-13-6-8-18(17)15(13)14/h9-10H,4-8,11H2,1-3H3. The monoisotopic (exact) mass is 273 g/mol. The highest BCUT2D eigenvalue weighted by molar-refractivity contribution is 5.91. The maximum atomic E-state index is 12.6. The Hall–Kier alpha value is -1.51. The Kier molecular flexibility index (Phi) is 3.23. The van der Waals surface area contributed by atoms with Crippen molar-refractivity contribution in [3.05, 3.63) is 28.8 Å². The van der Waals surface area contributed by atoms with Gasteiger partial charge >= 0.3 is 5.97 Å². The fraction of sp³-hybridized carbons (Fsp3) is 0.588. The molecular weight excluding hydrogens is 250 g/mol. The van der Waals surface area contributed by atoms with Gasteiger partial charge in [0.2, 0.25) is 0 Å². The summed E-state index contributed by atoms with van der Waals surface area (Å²) in [6.07, 6.45) is 3.73. The van der Waals surface area contributed by atoms with Gasteiger partial charge in [0.15, 0.2) is 0 Å². The number of aryl methyl sites for hydroxylation is 1. The third kappa shape index (κ3) is 1.75. The molecule has 0 fully saturated rings. The number of carbonyl (C=O) groups excluding carboxylic acids is 1. The van der Waals surface area contributed by atoms with E-state index in [1.807, 2.05) is 6.92 Å². The summed E-state index contributed by atoms with van der Waals surface area (Å²) in [5.74, 6) is -0.0384. The summed E-state index contributed by atoms with van der Waals surface area (Å²) in [6.45, 7) is 7.58. The summed E-state index contributed by atoms with van der Waals surface area (Å²) in [4.78, 5) is 15.0. The minimum atomic E-state index is -0.452. The fourth-order valence-electron chi connectivity index (χ4n) is 3.98. The van der Waals surface area contributed by atoms with Crippen LogP contribution in [0.2, 0.25) is 0 Å². The van der Waals surface area contributed by atoms with E-state index in [2.05, 4.69) is 30.9 Å². The number of carbonyl (C=O) groups is 1. The van der Waals surface area contributed by atoms with E-state index in [1.165, 1.54) is 22.4 Å². The molecule has 108 valence electrons. The van der Waals surface area contributed by atoms with Gasteiger partial charge in [0.05, 0.1) is 6.61 Å². The number of esters is 1. The maximum Gasteiger partial charge on any atom is 0.332 e. The van der Waals surface area contributed by atoms with Crippen LogP contribution < -0.4 is 4.90 Å². The Morgan fingerprint density at radius 1 is 1.35 bits per heavy atom. The Labute approximate surface area is 120 Å². The molecule has 0 saturated carbocycles. The van der Waals surface area contributed by atoms with Crippen LogP contribution in [0.25, 0.3) is 0 Å². The van der Waals surface area contributed by atoms with Gasteiger partial charge in [0.1, 0.15) is 5.54 Å². The first-order chi connectivity index (χ1) is 9.62. The van der Waals surface area contributed by atoms with E-state index in [-0.39, 0.29) is 5.97 Å². The third-order valence-electron chi connectivity index (χ3n) is 4.61. The lowest BCUT2D eigenvalue weighted by Crippen LogP contribution is -2.53. The maximum absolute atomic E-state index is 12.6. The van der Waals surface area contributed by atoms with Crippen LogP contribution in [0.5, 0.6) is 0 Å². The Morgan fingerprint density at radius 3 is 2.80 bits per heavy atom. The fourth-order valence-corrected chi connectivity index (χ4v) is 3.98. The van der Waals surface area contributed by atoms with E-state index in [9.17, 15) is 4.79 Å². The highest BCUT2D eigenvalue weighted by Crippen LogP contribution is 2.48. The average Bonchev–Trinajstić information content (AvgIpc) is 2.94. The summed E-state index contributed by atoms with van der Waals surface area (Å²) >= 11 is 0. The van der Waals surface area contributed by atoms with Crippen molar-refractivity contribution < 1.29 is 9.53 Å². The van der Waals surface area contributed by atoms with Crippen molar-refractivity contribution in [2.75, 3.05) is 18.1 Å². The highest BCUT2D eigenvalue weighted by atomic mass is 16.5. The molecule has 0 aliphatic carbocycles. The topological polar surface area (TPSA) is 29.5 Å². The van der Waals surface area contributed by atoms with E-state index >= 15 is 0 Å². The molecule has 2 aliphatic heterocycles. The van der Waals surface area contributed by atoms with Crippen molar-refractivity contribution in [2.45, 2.75) is 52.0 Å². The van der Waals surface area contributed by atoms with Crippen LogP contribution >= 0.6 is 0 Å². The lowest BCUT2D eigenvalue weighted by Gasteiger charge is -2.36. The number of rotatable bonds is 4. The quantitative estimate of drug-likeness (QED) is 0.790. The van der Waals surface area contributed by atoms with Crippen LogP contribution in [0.15, 0.2) is 12.1 Å². The van der Waals surface area contributed by atoms with Gasteiger partial charge in [-0.05, 0) is 37.8 Å². The molecule has 0 radical (unpaired) electrons. The van der Waals surface area contributed by atoms with Crippen LogP contribution in [-0.2, 0) is 22.4 Å². The SMILES string of the molecule is CCCC1(C(=O)OCC)Cc2cc(C)cc3c2N1CC3.